The highest BCUT2D eigenvalue weighted by Gasteiger charge is 2.13. The molecular formula is C37H76O4PS. The monoisotopic (exact) mass is 648 g/mol. The molecule has 0 fully saturated rings. The molecule has 0 saturated carbocycles. The summed E-state index contributed by atoms with van der Waals surface area (Å²) in [4.78, 5) is 0. The van der Waals surface area contributed by atoms with E-state index in [1.165, 1.54) is 178 Å². The van der Waals surface area contributed by atoms with Gasteiger partial charge in [-0.15, -0.1) is 0 Å². The normalized spacial score (nSPS) is 12.7. The summed E-state index contributed by atoms with van der Waals surface area (Å²) in [5.41, 5.74) is 0. The van der Waals surface area contributed by atoms with Crippen molar-refractivity contribution in [2.45, 2.75) is 207 Å². The van der Waals surface area contributed by atoms with E-state index in [-0.39, 0.29) is 6.10 Å². The largest absolute Gasteiger partial charge is 0.379 e. The zero-order chi connectivity index (χ0) is 31.3. The van der Waals surface area contributed by atoms with Gasteiger partial charge in [-0.05, 0) is 24.2 Å². The molecule has 0 aromatic rings. The highest BCUT2D eigenvalue weighted by atomic mass is 32.7. The molecule has 0 bridgehead atoms. The second-order valence-corrected chi connectivity index (χ2v) is 15.9. The lowest BCUT2D eigenvalue weighted by molar-refractivity contribution is -0.0373. The van der Waals surface area contributed by atoms with Crippen LogP contribution in [0.1, 0.15) is 201 Å². The number of ether oxygens (including phenoxy) is 2. The summed E-state index contributed by atoms with van der Waals surface area (Å²) in [6, 6.07) is 0. The predicted octanol–water partition coefficient (Wildman–Crippen LogP) is 13.8. The molecule has 4 nitrogen and oxygen atoms in total. The highest BCUT2D eigenvalue weighted by molar-refractivity contribution is 8.50. The van der Waals surface area contributed by atoms with Crippen LogP contribution < -0.4 is 0 Å². The van der Waals surface area contributed by atoms with Crippen LogP contribution in [0.15, 0.2) is 0 Å². The number of hydrogen-bond donors (Lipinski definition) is 0. The Bertz CT molecular complexity index is 537. The Hall–Kier alpha value is 0.330. The van der Waals surface area contributed by atoms with E-state index in [0.717, 1.165) is 31.8 Å². The minimum absolute atomic E-state index is 0.120. The van der Waals surface area contributed by atoms with E-state index in [0.29, 0.717) is 13.2 Å². The van der Waals surface area contributed by atoms with Crippen LogP contribution in [0.25, 0.3) is 0 Å². The molecule has 0 amide bonds. The van der Waals surface area contributed by atoms with Crippen LogP contribution in [0.4, 0.5) is 0 Å². The van der Waals surface area contributed by atoms with Gasteiger partial charge in [0.05, 0.1) is 13.2 Å². The fourth-order valence-corrected chi connectivity index (χ4v) is 7.20. The molecule has 0 N–H and O–H groups in total. The number of rotatable bonds is 38. The molecule has 0 heterocycles. The average molecular weight is 648 g/mol. The minimum Gasteiger partial charge on any atom is -0.379 e. The van der Waals surface area contributed by atoms with Crippen LogP contribution in [-0.2, 0) is 18.6 Å². The van der Waals surface area contributed by atoms with E-state index in [1.54, 1.807) is 0 Å². The van der Waals surface area contributed by atoms with Crippen molar-refractivity contribution in [2.24, 2.45) is 0 Å². The molecule has 0 aromatic heterocycles. The molecule has 0 aliphatic heterocycles. The van der Waals surface area contributed by atoms with Crippen LogP contribution in [0.3, 0.4) is 0 Å². The highest BCUT2D eigenvalue weighted by Crippen LogP contribution is 2.38. The van der Waals surface area contributed by atoms with Crippen molar-refractivity contribution in [3.05, 3.63) is 0 Å². The molecule has 0 aromatic carbocycles. The Morgan fingerprint density at radius 1 is 0.465 bits per heavy atom. The molecule has 1 radical (unpaired) electrons. The van der Waals surface area contributed by atoms with Crippen LogP contribution in [0.5, 0.6) is 0 Å². The lowest BCUT2D eigenvalue weighted by Crippen LogP contribution is -2.25. The Kier molecular flexibility index (Phi) is 38.8. The first-order valence-corrected chi connectivity index (χ1v) is 21.9. The number of hydrogen-bond acceptors (Lipinski definition) is 5. The van der Waals surface area contributed by atoms with Gasteiger partial charge in [-0.25, -0.2) is 4.57 Å². The Morgan fingerprint density at radius 2 is 0.814 bits per heavy atom. The third-order valence-corrected chi connectivity index (χ3v) is 10.9. The SMILES string of the molecule is CCCCCCCCCCCCCCCCOCC(CO[P](=O)SCC)OCCCCCCCCCCCCCCCC. The van der Waals surface area contributed by atoms with Gasteiger partial charge in [0, 0.05) is 19.0 Å². The van der Waals surface area contributed by atoms with E-state index in [9.17, 15) is 4.57 Å². The van der Waals surface area contributed by atoms with E-state index in [4.69, 9.17) is 14.0 Å². The van der Waals surface area contributed by atoms with Crippen LogP contribution in [0.2, 0.25) is 0 Å². The summed E-state index contributed by atoms with van der Waals surface area (Å²) in [6.07, 6.45) is 38.1. The maximum atomic E-state index is 12.0. The van der Waals surface area contributed by atoms with Gasteiger partial charge in [-0.2, -0.15) is 0 Å². The molecule has 2 unspecified atom stereocenters. The molecule has 43 heavy (non-hydrogen) atoms. The van der Waals surface area contributed by atoms with Gasteiger partial charge >= 0.3 is 0 Å². The molecule has 0 aliphatic rings. The molecule has 0 spiro atoms. The fraction of sp³-hybridized carbons (Fsp3) is 1.00. The molecule has 0 rings (SSSR count). The zero-order valence-electron chi connectivity index (χ0n) is 29.4. The van der Waals surface area contributed by atoms with Crippen molar-refractivity contribution in [2.75, 3.05) is 32.2 Å². The molecule has 0 aliphatic carbocycles. The zero-order valence-corrected chi connectivity index (χ0v) is 31.1. The van der Waals surface area contributed by atoms with E-state index >= 15 is 0 Å². The van der Waals surface area contributed by atoms with Crippen molar-refractivity contribution in [1.82, 2.24) is 0 Å². The van der Waals surface area contributed by atoms with Gasteiger partial charge in [0.1, 0.15) is 6.10 Å². The molecular weight excluding hydrogens is 571 g/mol. The van der Waals surface area contributed by atoms with Gasteiger partial charge in [0.2, 0.25) is 0 Å². The summed E-state index contributed by atoms with van der Waals surface area (Å²) in [5, 5.41) is 0. The van der Waals surface area contributed by atoms with Crippen molar-refractivity contribution in [3.63, 3.8) is 0 Å². The topological polar surface area (TPSA) is 44.8 Å². The molecule has 259 valence electrons. The Labute approximate surface area is 275 Å². The smallest absolute Gasteiger partial charge is 0.277 e. The third kappa shape index (κ3) is 36.7. The Morgan fingerprint density at radius 3 is 1.19 bits per heavy atom. The van der Waals surface area contributed by atoms with E-state index in [2.05, 4.69) is 13.8 Å². The molecule has 6 heteroatoms. The first kappa shape index (κ1) is 43.3. The van der Waals surface area contributed by atoms with Crippen molar-refractivity contribution >= 4 is 18.6 Å². The summed E-state index contributed by atoms with van der Waals surface area (Å²) in [5.74, 6) is 0.801. The minimum atomic E-state index is -1.66. The quantitative estimate of drug-likeness (QED) is 0.0493. The standard InChI is InChI=1S/C37H76O4PS/c1-4-7-9-11-13-15-17-19-21-23-25-27-29-31-33-39-35-37(36-41-42(38)43-6-3)40-34-32-30-28-26-24-22-20-18-16-14-12-10-8-5-2/h37H,4-36H2,1-3H3. The van der Waals surface area contributed by atoms with Crippen molar-refractivity contribution in [3.8, 4) is 0 Å². The van der Waals surface area contributed by atoms with Crippen LogP contribution >= 0.6 is 18.6 Å². The van der Waals surface area contributed by atoms with Gasteiger partial charge in [0.25, 0.3) is 7.23 Å². The van der Waals surface area contributed by atoms with Crippen LogP contribution in [0, 0.1) is 0 Å². The van der Waals surface area contributed by atoms with E-state index < -0.39 is 7.23 Å². The number of unbranched alkanes of at least 4 members (excludes halogenated alkanes) is 26. The summed E-state index contributed by atoms with van der Waals surface area (Å²) < 4.78 is 29.6. The second-order valence-electron chi connectivity index (χ2n) is 12.7. The predicted molar refractivity (Wildman–Crippen MR) is 193 cm³/mol. The molecule has 2 atom stereocenters. The second kappa shape index (κ2) is 38.5. The van der Waals surface area contributed by atoms with Crippen molar-refractivity contribution in [1.29, 1.82) is 0 Å². The lowest BCUT2D eigenvalue weighted by Gasteiger charge is -2.18. The van der Waals surface area contributed by atoms with Crippen molar-refractivity contribution < 1.29 is 18.6 Å². The first-order chi connectivity index (χ1) is 21.2. The lowest BCUT2D eigenvalue weighted by atomic mass is 10.0. The average Bonchev–Trinajstić information content (AvgIpc) is 3.01. The first-order valence-electron chi connectivity index (χ1n) is 19.2. The molecule has 0 saturated heterocycles. The van der Waals surface area contributed by atoms with Gasteiger partial charge in [-0.3, -0.25) is 4.52 Å². The van der Waals surface area contributed by atoms with E-state index in [1.807, 2.05) is 6.92 Å². The summed E-state index contributed by atoms with van der Waals surface area (Å²) >= 11 is 1.36. The Balaban J connectivity index is 3.71. The van der Waals surface area contributed by atoms with Gasteiger partial charge < -0.3 is 9.47 Å². The fourth-order valence-electron chi connectivity index (χ4n) is 5.59. The summed E-state index contributed by atoms with van der Waals surface area (Å²) in [7, 11) is -1.66. The van der Waals surface area contributed by atoms with Crippen LogP contribution in [-0.4, -0.2) is 38.3 Å². The van der Waals surface area contributed by atoms with Gasteiger partial charge in [0.15, 0.2) is 0 Å². The van der Waals surface area contributed by atoms with Gasteiger partial charge in [-0.1, -0.05) is 188 Å². The maximum Gasteiger partial charge on any atom is 0.277 e. The third-order valence-electron chi connectivity index (χ3n) is 8.40. The maximum absolute atomic E-state index is 12.0. The summed E-state index contributed by atoms with van der Waals surface area (Å²) in [6.45, 7) is 9.01.